The van der Waals surface area contributed by atoms with Crippen LogP contribution in [0.4, 0.5) is 11.5 Å². The second-order valence-corrected chi connectivity index (χ2v) is 8.07. The van der Waals surface area contributed by atoms with Crippen LogP contribution in [0.3, 0.4) is 0 Å². The number of rotatable bonds is 7. The van der Waals surface area contributed by atoms with Crippen molar-refractivity contribution in [2.45, 2.75) is 18.9 Å². The average Bonchev–Trinajstić information content (AvgIpc) is 3.43. The van der Waals surface area contributed by atoms with E-state index in [0.29, 0.717) is 30.0 Å². The number of hydrogen-bond acceptors (Lipinski definition) is 5. The first-order valence-corrected chi connectivity index (χ1v) is 11.0. The zero-order chi connectivity index (χ0) is 23.5. The maximum Gasteiger partial charge on any atom is 0.268 e. The highest BCUT2D eigenvalue weighted by Crippen LogP contribution is 2.28. The van der Waals surface area contributed by atoms with Crippen molar-refractivity contribution in [3.8, 4) is 11.5 Å². The molecule has 0 bridgehead atoms. The Kier molecular flexibility index (Phi) is 5.86. The summed E-state index contributed by atoms with van der Waals surface area (Å²) in [6.45, 7) is 0.615. The van der Waals surface area contributed by atoms with Crippen LogP contribution in [0.5, 0.6) is 11.5 Å². The minimum Gasteiger partial charge on any atom is -0.497 e. The highest BCUT2D eigenvalue weighted by Gasteiger charge is 2.34. The minimum absolute atomic E-state index is 0.0533. The number of benzene rings is 3. The Bertz CT molecular complexity index is 1320. The number of methoxy groups -OCH3 is 1. The number of amides is 2. The van der Waals surface area contributed by atoms with E-state index in [2.05, 4.69) is 15.5 Å². The van der Waals surface area contributed by atoms with Crippen LogP contribution in [0.1, 0.15) is 12.0 Å². The van der Waals surface area contributed by atoms with Gasteiger partial charge in [0.2, 0.25) is 5.91 Å². The molecule has 0 radical (unpaired) electrons. The molecule has 0 aliphatic carbocycles. The van der Waals surface area contributed by atoms with E-state index >= 15 is 0 Å². The molecule has 4 aromatic rings. The number of fused-ring (bicyclic) bond motifs is 1. The van der Waals surface area contributed by atoms with Gasteiger partial charge in [0, 0.05) is 30.1 Å². The molecule has 5 rings (SSSR count). The van der Waals surface area contributed by atoms with E-state index in [1.54, 1.807) is 24.1 Å². The quantitative estimate of drug-likeness (QED) is 0.439. The average molecular weight is 457 g/mol. The van der Waals surface area contributed by atoms with Gasteiger partial charge in [0.1, 0.15) is 11.5 Å². The number of nitrogens with one attached hydrogen (secondary N) is 2. The smallest absolute Gasteiger partial charge is 0.268 e. The van der Waals surface area contributed by atoms with E-state index < -0.39 is 6.10 Å². The predicted octanol–water partition coefficient (Wildman–Crippen LogP) is 3.94. The van der Waals surface area contributed by atoms with Crippen LogP contribution in [0.2, 0.25) is 0 Å². The second kappa shape index (κ2) is 9.27. The first-order chi connectivity index (χ1) is 16.6. The lowest BCUT2D eigenvalue weighted by atomic mass is 10.1. The largest absolute Gasteiger partial charge is 0.497 e. The number of aromatic amines is 1. The monoisotopic (exact) mass is 456 g/mol. The van der Waals surface area contributed by atoms with Gasteiger partial charge in [-0.3, -0.25) is 14.7 Å². The van der Waals surface area contributed by atoms with E-state index in [9.17, 15) is 9.59 Å². The van der Waals surface area contributed by atoms with Crippen molar-refractivity contribution in [1.82, 2.24) is 10.2 Å². The number of anilines is 2. The minimum atomic E-state index is -0.538. The Balaban J connectivity index is 1.24. The molecule has 2 heterocycles. The van der Waals surface area contributed by atoms with Crippen molar-refractivity contribution < 1.29 is 19.1 Å². The van der Waals surface area contributed by atoms with E-state index in [4.69, 9.17) is 9.47 Å². The lowest BCUT2D eigenvalue weighted by Gasteiger charge is -2.17. The number of nitrogens with zero attached hydrogens (tertiary/aromatic N) is 2. The molecular weight excluding hydrogens is 432 g/mol. The lowest BCUT2D eigenvalue weighted by Crippen LogP contribution is -2.32. The normalized spacial score (nSPS) is 15.5. The topological polar surface area (TPSA) is 96.5 Å². The van der Waals surface area contributed by atoms with Crippen LogP contribution in [-0.4, -0.2) is 41.8 Å². The molecule has 0 saturated carbocycles. The second-order valence-electron chi connectivity index (χ2n) is 8.07. The maximum absolute atomic E-state index is 12.8. The maximum atomic E-state index is 12.8. The molecule has 0 spiro atoms. The first-order valence-electron chi connectivity index (χ1n) is 11.0. The molecule has 2 amide bonds. The Morgan fingerprint density at radius 2 is 1.85 bits per heavy atom. The summed E-state index contributed by atoms with van der Waals surface area (Å²) in [4.78, 5) is 27.1. The lowest BCUT2D eigenvalue weighted by molar-refractivity contribution is -0.122. The summed E-state index contributed by atoms with van der Waals surface area (Å²) in [6.07, 6.45) is 0.298. The summed E-state index contributed by atoms with van der Waals surface area (Å²) in [5.41, 5.74) is 2.46. The van der Waals surface area contributed by atoms with Gasteiger partial charge < -0.3 is 19.7 Å². The molecule has 8 heteroatoms. The SMILES string of the molecule is COc1ccc(CC(=O)Nc2n[nH]c3cc(OC4CCN(c5ccccc5)C4=O)ccc23)cc1. The number of para-hydroxylation sites is 1. The Morgan fingerprint density at radius 1 is 1.09 bits per heavy atom. The van der Waals surface area contributed by atoms with Crippen molar-refractivity contribution in [2.75, 3.05) is 23.9 Å². The standard InChI is InChI=1S/C26H24N4O4/c1-33-19-9-7-17(8-10-19)15-24(31)27-25-21-12-11-20(16-22(21)28-29-25)34-23-13-14-30(26(23)32)18-5-3-2-4-6-18/h2-12,16,23H,13-15H2,1H3,(H2,27,28,29,31). The molecule has 3 aromatic carbocycles. The molecule has 1 saturated heterocycles. The summed E-state index contributed by atoms with van der Waals surface area (Å²) >= 11 is 0. The molecule has 1 aliphatic heterocycles. The molecule has 1 unspecified atom stereocenters. The summed E-state index contributed by atoms with van der Waals surface area (Å²) in [5.74, 6) is 1.54. The summed E-state index contributed by atoms with van der Waals surface area (Å²) in [7, 11) is 1.60. The zero-order valence-corrected chi connectivity index (χ0v) is 18.7. The fourth-order valence-corrected chi connectivity index (χ4v) is 4.06. The fourth-order valence-electron chi connectivity index (χ4n) is 4.06. The molecule has 1 aromatic heterocycles. The number of carbonyl (C=O) groups excluding carboxylic acids is 2. The van der Waals surface area contributed by atoms with E-state index in [1.807, 2.05) is 60.7 Å². The van der Waals surface area contributed by atoms with Gasteiger partial charge in [-0.2, -0.15) is 5.10 Å². The third kappa shape index (κ3) is 4.43. The van der Waals surface area contributed by atoms with Crippen molar-refractivity contribution >= 4 is 34.2 Å². The van der Waals surface area contributed by atoms with Crippen molar-refractivity contribution in [3.63, 3.8) is 0 Å². The van der Waals surface area contributed by atoms with E-state index in [1.165, 1.54) is 0 Å². The van der Waals surface area contributed by atoms with Gasteiger partial charge in [-0.05, 0) is 42.0 Å². The van der Waals surface area contributed by atoms with Crippen LogP contribution in [0.25, 0.3) is 10.9 Å². The number of ether oxygens (including phenoxy) is 2. The van der Waals surface area contributed by atoms with Gasteiger partial charge in [-0.1, -0.05) is 30.3 Å². The van der Waals surface area contributed by atoms with Gasteiger partial charge in [0.25, 0.3) is 5.91 Å². The van der Waals surface area contributed by atoms with Crippen LogP contribution >= 0.6 is 0 Å². The molecular formula is C26H24N4O4. The van der Waals surface area contributed by atoms with E-state index in [-0.39, 0.29) is 18.2 Å². The van der Waals surface area contributed by atoms with Crippen molar-refractivity contribution in [1.29, 1.82) is 0 Å². The Morgan fingerprint density at radius 3 is 2.62 bits per heavy atom. The zero-order valence-electron chi connectivity index (χ0n) is 18.7. The fraction of sp³-hybridized carbons (Fsp3) is 0.192. The molecule has 1 aliphatic rings. The highest BCUT2D eigenvalue weighted by molar-refractivity contribution is 6.01. The number of hydrogen-bond donors (Lipinski definition) is 2. The van der Waals surface area contributed by atoms with Gasteiger partial charge in [-0.25, -0.2) is 0 Å². The molecule has 172 valence electrons. The first kappa shape index (κ1) is 21.5. The molecule has 2 N–H and O–H groups in total. The van der Waals surface area contributed by atoms with Crippen LogP contribution in [0.15, 0.2) is 72.8 Å². The van der Waals surface area contributed by atoms with Gasteiger partial charge in [0.05, 0.1) is 19.0 Å². The highest BCUT2D eigenvalue weighted by atomic mass is 16.5. The third-order valence-electron chi connectivity index (χ3n) is 5.82. The van der Waals surface area contributed by atoms with Crippen LogP contribution in [0, 0.1) is 0 Å². The van der Waals surface area contributed by atoms with Gasteiger partial charge in [-0.15, -0.1) is 0 Å². The van der Waals surface area contributed by atoms with Crippen LogP contribution in [-0.2, 0) is 16.0 Å². The molecule has 1 fully saturated rings. The summed E-state index contributed by atoms with van der Waals surface area (Å²) in [6, 6.07) is 22.3. The molecule has 8 nitrogen and oxygen atoms in total. The third-order valence-corrected chi connectivity index (χ3v) is 5.82. The van der Waals surface area contributed by atoms with Gasteiger partial charge >= 0.3 is 0 Å². The Hall–Kier alpha value is -4.33. The predicted molar refractivity (Wildman–Crippen MR) is 129 cm³/mol. The van der Waals surface area contributed by atoms with Crippen molar-refractivity contribution in [2.24, 2.45) is 0 Å². The van der Waals surface area contributed by atoms with Crippen LogP contribution < -0.4 is 19.7 Å². The molecule has 34 heavy (non-hydrogen) atoms. The van der Waals surface area contributed by atoms with E-state index in [0.717, 1.165) is 22.4 Å². The summed E-state index contributed by atoms with van der Waals surface area (Å²) < 4.78 is 11.1. The summed E-state index contributed by atoms with van der Waals surface area (Å²) in [5, 5.41) is 10.8. The molecule has 1 atom stereocenters. The number of aromatic nitrogens is 2. The Labute approximate surface area is 196 Å². The van der Waals surface area contributed by atoms with Gasteiger partial charge in [0.15, 0.2) is 11.9 Å². The number of H-pyrrole nitrogens is 1. The number of carbonyl (C=O) groups is 2. The van der Waals surface area contributed by atoms with Crippen molar-refractivity contribution in [3.05, 3.63) is 78.4 Å².